The summed E-state index contributed by atoms with van der Waals surface area (Å²) in [5, 5.41) is 0. The molecule has 29 heavy (non-hydrogen) atoms. The molecule has 1 aliphatic heterocycles. The molecule has 0 saturated heterocycles. The predicted octanol–water partition coefficient (Wildman–Crippen LogP) is 5.05. The van der Waals surface area contributed by atoms with E-state index in [0.29, 0.717) is 17.8 Å². The van der Waals surface area contributed by atoms with E-state index >= 15 is 0 Å². The Bertz CT molecular complexity index is 924. The molecule has 1 atom stereocenters. The van der Waals surface area contributed by atoms with Crippen LogP contribution in [0.15, 0.2) is 59.8 Å². The highest BCUT2D eigenvalue weighted by atomic mass is 16.5. The number of amides is 1. The van der Waals surface area contributed by atoms with Crippen molar-refractivity contribution in [2.75, 3.05) is 0 Å². The number of carbonyl (C=O) groups excluding carboxylic acids is 2. The molecule has 2 aromatic rings. The third-order valence-corrected chi connectivity index (χ3v) is 5.33. The van der Waals surface area contributed by atoms with E-state index in [1.54, 1.807) is 4.90 Å². The van der Waals surface area contributed by atoms with Crippen molar-refractivity contribution >= 4 is 11.9 Å². The van der Waals surface area contributed by atoms with E-state index in [1.165, 1.54) is 5.56 Å². The fourth-order valence-electron chi connectivity index (χ4n) is 3.71. The summed E-state index contributed by atoms with van der Waals surface area (Å²) in [5.74, 6) is -0.608. The first-order chi connectivity index (χ1) is 13.8. The Balaban J connectivity index is 2.01. The summed E-state index contributed by atoms with van der Waals surface area (Å²) in [4.78, 5) is 27.8. The van der Waals surface area contributed by atoms with Gasteiger partial charge in [-0.15, -0.1) is 0 Å². The van der Waals surface area contributed by atoms with Gasteiger partial charge in [0.05, 0.1) is 18.2 Å². The third kappa shape index (κ3) is 4.76. The van der Waals surface area contributed by atoms with Crippen LogP contribution in [0.3, 0.4) is 0 Å². The smallest absolute Gasteiger partial charge is 0.336 e. The maximum absolute atomic E-state index is 13.1. The van der Waals surface area contributed by atoms with E-state index in [4.69, 9.17) is 4.74 Å². The van der Waals surface area contributed by atoms with E-state index in [1.807, 2.05) is 83.1 Å². The summed E-state index contributed by atoms with van der Waals surface area (Å²) in [5.41, 5.74) is 5.57. The van der Waals surface area contributed by atoms with Gasteiger partial charge in [0.2, 0.25) is 5.91 Å². The zero-order valence-electron chi connectivity index (χ0n) is 17.9. The van der Waals surface area contributed by atoms with Crippen molar-refractivity contribution < 1.29 is 14.3 Å². The second kappa shape index (κ2) is 8.64. The molecule has 0 saturated carbocycles. The minimum absolute atomic E-state index is 0.0229. The van der Waals surface area contributed by atoms with E-state index in [-0.39, 0.29) is 30.3 Å². The maximum atomic E-state index is 13.1. The molecule has 4 nitrogen and oxygen atoms in total. The molecule has 4 heteroatoms. The Morgan fingerprint density at radius 3 is 2.10 bits per heavy atom. The highest BCUT2D eigenvalue weighted by Crippen LogP contribution is 2.38. The summed E-state index contributed by atoms with van der Waals surface area (Å²) in [7, 11) is 0. The van der Waals surface area contributed by atoms with Crippen molar-refractivity contribution in [2.24, 2.45) is 0 Å². The van der Waals surface area contributed by atoms with Crippen LogP contribution in [-0.2, 0) is 20.9 Å². The number of esters is 1. The van der Waals surface area contributed by atoms with Crippen molar-refractivity contribution in [1.29, 1.82) is 0 Å². The number of aryl methyl sites for hydroxylation is 2. The molecule has 1 aliphatic rings. The Hall–Kier alpha value is -2.88. The summed E-state index contributed by atoms with van der Waals surface area (Å²) in [6.45, 7) is 10.0. The molecular weight excluding hydrogens is 362 g/mol. The molecule has 0 aliphatic carbocycles. The number of benzene rings is 2. The molecule has 0 radical (unpaired) electrons. The largest absolute Gasteiger partial charge is 0.460 e. The average Bonchev–Trinajstić information content (AvgIpc) is 2.66. The Kier molecular flexibility index (Phi) is 6.21. The van der Waals surface area contributed by atoms with Crippen LogP contribution in [0.1, 0.15) is 55.4 Å². The topological polar surface area (TPSA) is 46.6 Å². The molecule has 152 valence electrons. The average molecular weight is 392 g/mol. The molecule has 0 spiro atoms. The first kappa shape index (κ1) is 20.8. The number of allylic oxidation sites excluding steroid dienone is 1. The zero-order valence-corrected chi connectivity index (χ0v) is 17.9. The van der Waals surface area contributed by atoms with Crippen LogP contribution in [0.25, 0.3) is 0 Å². The summed E-state index contributed by atoms with van der Waals surface area (Å²) in [6, 6.07) is 16.1. The standard InChI is InChI=1S/C25H29NO3/c1-16(2)29-25(28)24-19(5)26(15-20-10-6-17(3)7-11-20)23(27)14-22(24)21-12-8-18(4)9-13-21/h6-13,16,22H,14-15H2,1-5H3/t22-/m1/s1. The lowest BCUT2D eigenvalue weighted by atomic mass is 9.83. The van der Waals surface area contributed by atoms with E-state index in [9.17, 15) is 9.59 Å². The van der Waals surface area contributed by atoms with Crippen molar-refractivity contribution in [1.82, 2.24) is 4.90 Å². The fraction of sp³-hybridized carbons (Fsp3) is 0.360. The van der Waals surface area contributed by atoms with Crippen LogP contribution >= 0.6 is 0 Å². The lowest BCUT2D eigenvalue weighted by Gasteiger charge is -2.35. The normalized spacial score (nSPS) is 17.1. The van der Waals surface area contributed by atoms with Crippen LogP contribution in [-0.4, -0.2) is 22.9 Å². The van der Waals surface area contributed by atoms with Gasteiger partial charge in [0.15, 0.2) is 0 Å². The second-order valence-corrected chi connectivity index (χ2v) is 8.09. The molecule has 1 heterocycles. The zero-order chi connectivity index (χ0) is 21.1. The summed E-state index contributed by atoms with van der Waals surface area (Å²) in [6.07, 6.45) is 0.0408. The number of hydrogen-bond donors (Lipinski definition) is 0. The lowest BCUT2D eigenvalue weighted by Crippen LogP contribution is -2.38. The van der Waals surface area contributed by atoms with Gasteiger partial charge < -0.3 is 9.64 Å². The Morgan fingerprint density at radius 1 is 1.00 bits per heavy atom. The first-order valence-corrected chi connectivity index (χ1v) is 10.1. The van der Waals surface area contributed by atoms with Crippen LogP contribution in [0.5, 0.6) is 0 Å². The van der Waals surface area contributed by atoms with Crippen LogP contribution in [0.4, 0.5) is 0 Å². The molecule has 1 amide bonds. The molecule has 0 unspecified atom stereocenters. The second-order valence-electron chi connectivity index (χ2n) is 8.09. The summed E-state index contributed by atoms with van der Waals surface area (Å²) >= 11 is 0. The van der Waals surface area contributed by atoms with Gasteiger partial charge in [-0.1, -0.05) is 59.7 Å². The molecular formula is C25H29NO3. The number of rotatable bonds is 5. The Morgan fingerprint density at radius 2 is 1.55 bits per heavy atom. The monoisotopic (exact) mass is 391 g/mol. The molecule has 0 N–H and O–H groups in total. The molecule has 3 rings (SSSR count). The minimum Gasteiger partial charge on any atom is -0.460 e. The molecule has 0 bridgehead atoms. The first-order valence-electron chi connectivity index (χ1n) is 10.1. The Labute approximate surface area is 173 Å². The number of carbonyl (C=O) groups is 2. The van der Waals surface area contributed by atoms with Gasteiger partial charge in [-0.25, -0.2) is 4.79 Å². The van der Waals surface area contributed by atoms with Crippen molar-refractivity contribution in [3.63, 3.8) is 0 Å². The van der Waals surface area contributed by atoms with Crippen LogP contribution in [0.2, 0.25) is 0 Å². The van der Waals surface area contributed by atoms with E-state index in [0.717, 1.165) is 16.7 Å². The van der Waals surface area contributed by atoms with Crippen molar-refractivity contribution in [3.05, 3.63) is 82.1 Å². The van der Waals surface area contributed by atoms with Crippen molar-refractivity contribution in [3.8, 4) is 0 Å². The molecule has 0 aromatic heterocycles. The van der Waals surface area contributed by atoms with E-state index in [2.05, 4.69) is 0 Å². The van der Waals surface area contributed by atoms with Gasteiger partial charge in [0, 0.05) is 18.0 Å². The highest BCUT2D eigenvalue weighted by Gasteiger charge is 2.37. The SMILES string of the molecule is CC1=C(C(=O)OC(C)C)[C@@H](c2ccc(C)cc2)CC(=O)N1Cc1ccc(C)cc1. The van der Waals surface area contributed by atoms with Gasteiger partial charge in [0.25, 0.3) is 0 Å². The van der Waals surface area contributed by atoms with Crippen LogP contribution in [0, 0.1) is 13.8 Å². The number of hydrogen-bond acceptors (Lipinski definition) is 3. The van der Waals surface area contributed by atoms with Gasteiger partial charge in [0.1, 0.15) is 0 Å². The molecule has 2 aromatic carbocycles. The van der Waals surface area contributed by atoms with Gasteiger partial charge >= 0.3 is 5.97 Å². The third-order valence-electron chi connectivity index (χ3n) is 5.33. The lowest BCUT2D eigenvalue weighted by molar-refractivity contribution is -0.143. The maximum Gasteiger partial charge on any atom is 0.336 e. The van der Waals surface area contributed by atoms with Crippen molar-refractivity contribution in [2.45, 2.75) is 59.6 Å². The fourth-order valence-corrected chi connectivity index (χ4v) is 3.71. The quantitative estimate of drug-likeness (QED) is 0.671. The summed E-state index contributed by atoms with van der Waals surface area (Å²) < 4.78 is 5.55. The van der Waals surface area contributed by atoms with Gasteiger partial charge in [-0.2, -0.15) is 0 Å². The minimum atomic E-state index is -0.343. The predicted molar refractivity (Wildman–Crippen MR) is 114 cm³/mol. The molecule has 0 fully saturated rings. The number of ether oxygens (including phenoxy) is 1. The van der Waals surface area contributed by atoms with Gasteiger partial charge in [-0.05, 0) is 45.7 Å². The van der Waals surface area contributed by atoms with Gasteiger partial charge in [-0.3, -0.25) is 4.79 Å². The van der Waals surface area contributed by atoms with Crippen LogP contribution < -0.4 is 0 Å². The van der Waals surface area contributed by atoms with E-state index < -0.39 is 0 Å². The number of nitrogens with zero attached hydrogens (tertiary/aromatic N) is 1. The highest BCUT2D eigenvalue weighted by molar-refractivity contribution is 5.96.